The fourth-order valence-electron chi connectivity index (χ4n) is 2.89. The van der Waals surface area contributed by atoms with Gasteiger partial charge in [0.05, 0.1) is 5.39 Å². The molecule has 1 fully saturated rings. The number of rotatable bonds is 3. The van der Waals surface area contributed by atoms with Crippen molar-refractivity contribution in [3.8, 4) is 0 Å². The van der Waals surface area contributed by atoms with Crippen molar-refractivity contribution in [3.05, 3.63) is 17.3 Å². The lowest BCUT2D eigenvalue weighted by molar-refractivity contribution is 0.399. The molecule has 20 heavy (non-hydrogen) atoms. The molecule has 1 atom stereocenters. The Labute approximate surface area is 129 Å². The highest BCUT2D eigenvalue weighted by Crippen LogP contribution is 2.33. The lowest BCUT2D eigenvalue weighted by atomic mass is 9.94. The summed E-state index contributed by atoms with van der Waals surface area (Å²) in [6, 6.07) is 2.26. The molecule has 0 aromatic carbocycles. The molecule has 108 valence electrons. The molecule has 0 saturated carbocycles. The van der Waals surface area contributed by atoms with Gasteiger partial charge in [-0.15, -0.1) is 22.9 Å². The summed E-state index contributed by atoms with van der Waals surface area (Å²) in [6.45, 7) is 6.39. The largest absolute Gasteiger partial charge is 0.356 e. The van der Waals surface area contributed by atoms with Gasteiger partial charge in [0.15, 0.2) is 0 Å². The third-order valence-corrected chi connectivity index (χ3v) is 5.74. The molecular formula is C15H20ClN3S. The molecule has 1 unspecified atom stereocenters. The predicted molar refractivity (Wildman–Crippen MR) is 87.0 cm³/mol. The summed E-state index contributed by atoms with van der Waals surface area (Å²) >= 11 is 8.01. The average molecular weight is 310 g/mol. The zero-order chi connectivity index (χ0) is 14.1. The molecule has 0 N–H and O–H groups in total. The Hall–Kier alpha value is -0.870. The third-order valence-electron chi connectivity index (χ3n) is 4.20. The van der Waals surface area contributed by atoms with Gasteiger partial charge in [-0.25, -0.2) is 9.97 Å². The van der Waals surface area contributed by atoms with E-state index >= 15 is 0 Å². The fraction of sp³-hybridized carbons (Fsp3) is 0.600. The minimum absolute atomic E-state index is 0.274. The zero-order valence-corrected chi connectivity index (χ0v) is 13.5. The minimum atomic E-state index is 0.274. The van der Waals surface area contributed by atoms with Gasteiger partial charge >= 0.3 is 0 Å². The Morgan fingerprint density at radius 2 is 2.15 bits per heavy atom. The number of halogens is 1. The van der Waals surface area contributed by atoms with Crippen LogP contribution in [0.1, 0.15) is 31.6 Å². The minimum Gasteiger partial charge on any atom is -0.356 e. The summed E-state index contributed by atoms with van der Waals surface area (Å²) in [5.74, 6) is 1.74. The van der Waals surface area contributed by atoms with Crippen molar-refractivity contribution < 1.29 is 0 Å². The molecule has 0 amide bonds. The van der Waals surface area contributed by atoms with Crippen LogP contribution in [0.3, 0.4) is 0 Å². The number of hydrogen-bond acceptors (Lipinski definition) is 4. The van der Waals surface area contributed by atoms with Gasteiger partial charge in [0.1, 0.15) is 17.0 Å². The van der Waals surface area contributed by atoms with Crippen LogP contribution in [0.2, 0.25) is 0 Å². The Balaban J connectivity index is 1.86. The molecule has 2 aromatic rings. The van der Waals surface area contributed by atoms with E-state index in [9.17, 15) is 0 Å². The summed E-state index contributed by atoms with van der Waals surface area (Å²) in [5, 5.41) is 1.49. The highest BCUT2D eigenvalue weighted by Gasteiger charge is 2.24. The number of anilines is 1. The highest BCUT2D eigenvalue weighted by atomic mass is 35.5. The van der Waals surface area contributed by atoms with Gasteiger partial charge in [-0.2, -0.15) is 0 Å². The third kappa shape index (κ3) is 2.63. The van der Waals surface area contributed by atoms with Crippen molar-refractivity contribution in [1.29, 1.82) is 0 Å². The van der Waals surface area contributed by atoms with Gasteiger partial charge in [0, 0.05) is 23.3 Å². The Kier molecular flexibility index (Phi) is 4.13. The number of nitrogens with zero attached hydrogens (tertiary/aromatic N) is 3. The second-order valence-corrected chi connectivity index (χ2v) is 7.29. The second kappa shape index (κ2) is 5.86. The number of fused-ring (bicyclic) bond motifs is 1. The molecule has 0 radical (unpaired) electrons. The monoisotopic (exact) mass is 309 g/mol. The Bertz CT molecular complexity index is 588. The number of thiophene rings is 1. The second-order valence-electron chi connectivity index (χ2n) is 5.48. The zero-order valence-electron chi connectivity index (χ0n) is 12.0. The van der Waals surface area contributed by atoms with E-state index in [4.69, 9.17) is 11.6 Å². The Morgan fingerprint density at radius 3 is 2.80 bits per heavy atom. The quantitative estimate of drug-likeness (QED) is 0.799. The lowest BCUT2D eigenvalue weighted by Gasteiger charge is -2.34. The highest BCUT2D eigenvalue weighted by molar-refractivity contribution is 7.18. The van der Waals surface area contributed by atoms with E-state index in [-0.39, 0.29) is 5.38 Å². The van der Waals surface area contributed by atoms with Gasteiger partial charge in [-0.3, -0.25) is 0 Å². The molecular weight excluding hydrogens is 290 g/mol. The summed E-state index contributed by atoms with van der Waals surface area (Å²) in [7, 11) is 0. The summed E-state index contributed by atoms with van der Waals surface area (Å²) < 4.78 is 0. The molecule has 0 spiro atoms. The lowest BCUT2D eigenvalue weighted by Crippen LogP contribution is -2.36. The van der Waals surface area contributed by atoms with Crippen molar-refractivity contribution in [2.45, 2.75) is 38.5 Å². The van der Waals surface area contributed by atoms with Crippen LogP contribution in [0.15, 0.2) is 12.4 Å². The van der Waals surface area contributed by atoms with Gasteiger partial charge < -0.3 is 4.90 Å². The van der Waals surface area contributed by atoms with Crippen molar-refractivity contribution in [3.63, 3.8) is 0 Å². The van der Waals surface area contributed by atoms with Crippen molar-refractivity contribution in [2.75, 3.05) is 18.0 Å². The van der Waals surface area contributed by atoms with E-state index in [1.165, 1.54) is 10.3 Å². The van der Waals surface area contributed by atoms with Gasteiger partial charge in [-0.1, -0.05) is 6.92 Å². The molecule has 3 heterocycles. The number of aryl methyl sites for hydroxylation is 1. The standard InChI is InChI=1S/C15H20ClN3S/c1-3-12-8-13-14(17-9-18-15(13)20-12)19-6-4-11(5-7-19)10(2)16/h8-11H,3-7H2,1-2H3. The summed E-state index contributed by atoms with van der Waals surface area (Å²) in [5.41, 5.74) is 0. The first-order valence-corrected chi connectivity index (χ1v) is 8.56. The molecule has 5 heteroatoms. The van der Waals surface area contributed by atoms with Crippen molar-refractivity contribution in [2.24, 2.45) is 5.92 Å². The first kappa shape index (κ1) is 14.1. The molecule has 0 bridgehead atoms. The molecule has 1 aliphatic heterocycles. The van der Waals surface area contributed by atoms with Crippen LogP contribution in [-0.4, -0.2) is 28.4 Å². The maximum absolute atomic E-state index is 6.23. The first-order chi connectivity index (χ1) is 9.69. The molecule has 1 saturated heterocycles. The van der Waals surface area contributed by atoms with Crippen molar-refractivity contribution in [1.82, 2.24) is 9.97 Å². The Morgan fingerprint density at radius 1 is 1.40 bits per heavy atom. The van der Waals surface area contributed by atoms with E-state index in [0.29, 0.717) is 5.92 Å². The van der Waals surface area contributed by atoms with E-state index in [0.717, 1.165) is 43.0 Å². The molecule has 0 aliphatic carbocycles. The van der Waals surface area contributed by atoms with Crippen molar-refractivity contribution >= 4 is 39.0 Å². The first-order valence-electron chi connectivity index (χ1n) is 7.31. The van der Waals surface area contributed by atoms with Crippen LogP contribution in [0.5, 0.6) is 0 Å². The normalized spacial score (nSPS) is 18.6. The van der Waals surface area contributed by atoms with Crippen LogP contribution >= 0.6 is 22.9 Å². The maximum atomic E-state index is 6.23. The average Bonchev–Trinajstić information content (AvgIpc) is 2.90. The number of hydrogen-bond donors (Lipinski definition) is 0. The maximum Gasteiger partial charge on any atom is 0.140 e. The number of alkyl halides is 1. The van der Waals surface area contributed by atoms with Crippen LogP contribution in [0.25, 0.3) is 10.2 Å². The SMILES string of the molecule is CCc1cc2c(N3CCC(C(C)Cl)CC3)ncnc2s1. The molecule has 3 nitrogen and oxygen atoms in total. The van der Waals surface area contributed by atoms with Gasteiger partial charge in [0.2, 0.25) is 0 Å². The summed E-state index contributed by atoms with van der Waals surface area (Å²) in [4.78, 5) is 13.8. The van der Waals surface area contributed by atoms with Crippen LogP contribution < -0.4 is 4.90 Å². The smallest absolute Gasteiger partial charge is 0.140 e. The van der Waals surface area contributed by atoms with E-state index < -0.39 is 0 Å². The van der Waals surface area contributed by atoms with Gasteiger partial charge in [-0.05, 0) is 38.2 Å². The molecule has 3 rings (SSSR count). The fourth-order valence-corrected chi connectivity index (χ4v) is 4.07. The number of aromatic nitrogens is 2. The van der Waals surface area contributed by atoms with E-state index in [1.807, 2.05) is 0 Å². The summed E-state index contributed by atoms with van der Waals surface area (Å²) in [6.07, 6.45) is 5.07. The van der Waals surface area contributed by atoms with Crippen LogP contribution in [-0.2, 0) is 6.42 Å². The van der Waals surface area contributed by atoms with Crippen LogP contribution in [0.4, 0.5) is 5.82 Å². The van der Waals surface area contributed by atoms with E-state index in [2.05, 4.69) is 34.8 Å². The van der Waals surface area contributed by atoms with Gasteiger partial charge in [0.25, 0.3) is 0 Å². The van der Waals surface area contributed by atoms with E-state index in [1.54, 1.807) is 17.7 Å². The molecule has 2 aromatic heterocycles. The number of piperidine rings is 1. The topological polar surface area (TPSA) is 29.0 Å². The predicted octanol–water partition coefficient (Wildman–Crippen LogP) is 4.10. The molecule has 1 aliphatic rings. The van der Waals surface area contributed by atoms with Crippen LogP contribution in [0, 0.1) is 5.92 Å².